The van der Waals surface area contributed by atoms with Crippen LogP contribution in [0.25, 0.3) is 11.2 Å². The van der Waals surface area contributed by atoms with Gasteiger partial charge in [-0.05, 0) is 42.3 Å². The number of hydrogen-bond acceptors (Lipinski definition) is 5. The molecule has 0 aliphatic rings. The number of aryl methyl sites for hydroxylation is 1. The first-order valence-corrected chi connectivity index (χ1v) is 10.4. The van der Waals surface area contributed by atoms with Gasteiger partial charge in [-0.25, -0.2) is 4.79 Å². The summed E-state index contributed by atoms with van der Waals surface area (Å²) < 4.78 is 10.2. The molecule has 2 aromatic heterocycles. The minimum atomic E-state index is -0.432. The van der Waals surface area contributed by atoms with Gasteiger partial charge in [0.05, 0.1) is 18.2 Å². The van der Waals surface area contributed by atoms with E-state index in [1.165, 1.54) is 9.13 Å². The fourth-order valence-corrected chi connectivity index (χ4v) is 3.63. The molecular formula is C23H20ClN5O3. The molecule has 0 N–H and O–H groups in total. The van der Waals surface area contributed by atoms with Crippen LogP contribution in [0.4, 0.5) is 0 Å². The zero-order valence-corrected chi connectivity index (χ0v) is 18.3. The minimum absolute atomic E-state index is 0.145. The van der Waals surface area contributed by atoms with Gasteiger partial charge in [-0.2, -0.15) is 10.2 Å². The molecule has 0 spiro atoms. The fraction of sp³-hybridized carbons (Fsp3) is 0.217. The molecule has 0 amide bonds. The van der Waals surface area contributed by atoms with Crippen molar-refractivity contribution in [3.63, 3.8) is 0 Å². The van der Waals surface area contributed by atoms with E-state index in [-0.39, 0.29) is 23.7 Å². The number of fused-ring (bicyclic) bond motifs is 1. The van der Waals surface area contributed by atoms with Gasteiger partial charge in [-0.1, -0.05) is 36.7 Å². The molecule has 162 valence electrons. The molecule has 0 saturated heterocycles. The molecule has 0 saturated carbocycles. The molecule has 0 bridgehead atoms. The summed E-state index contributed by atoms with van der Waals surface area (Å²) >= 11 is 6.01. The van der Waals surface area contributed by atoms with E-state index >= 15 is 0 Å². The molecule has 0 atom stereocenters. The lowest BCUT2D eigenvalue weighted by atomic mass is 10.2. The van der Waals surface area contributed by atoms with Crippen LogP contribution in [-0.2, 0) is 20.1 Å². The van der Waals surface area contributed by atoms with Gasteiger partial charge in [0.15, 0.2) is 11.2 Å². The Hall–Kier alpha value is -3.83. The summed E-state index contributed by atoms with van der Waals surface area (Å²) in [6, 6.07) is 16.1. The highest BCUT2D eigenvalue weighted by Crippen LogP contribution is 2.26. The van der Waals surface area contributed by atoms with Gasteiger partial charge in [-0.15, -0.1) is 0 Å². The standard InChI is InChI=1S/C23H20ClN5O3/c1-3-11-28-21(30)19-20(27(2)23(28)31)26-22(32-18-6-4-5-16(12-18)13-25)29(19)14-15-7-9-17(24)10-8-15/h4-10,12H,3,11,14H2,1-2H3. The third-order valence-corrected chi connectivity index (χ3v) is 5.32. The van der Waals surface area contributed by atoms with Crippen LogP contribution in [0, 0.1) is 11.3 Å². The molecule has 4 aromatic rings. The second-order valence-corrected chi connectivity index (χ2v) is 7.76. The van der Waals surface area contributed by atoms with Gasteiger partial charge in [0.1, 0.15) is 5.75 Å². The van der Waals surface area contributed by atoms with Crippen molar-refractivity contribution in [1.82, 2.24) is 18.7 Å². The van der Waals surface area contributed by atoms with Crippen molar-refractivity contribution in [2.24, 2.45) is 7.05 Å². The monoisotopic (exact) mass is 449 g/mol. The van der Waals surface area contributed by atoms with Crippen LogP contribution in [0.3, 0.4) is 0 Å². The highest BCUT2D eigenvalue weighted by Gasteiger charge is 2.22. The second kappa shape index (κ2) is 8.73. The van der Waals surface area contributed by atoms with E-state index in [1.807, 2.05) is 19.1 Å². The smallest absolute Gasteiger partial charge is 0.332 e. The third-order valence-electron chi connectivity index (χ3n) is 5.07. The molecule has 9 heteroatoms. The Labute approximate surface area is 188 Å². The number of aromatic nitrogens is 4. The minimum Gasteiger partial charge on any atom is -0.425 e. The van der Waals surface area contributed by atoms with Crippen molar-refractivity contribution in [3.8, 4) is 17.8 Å². The lowest BCUT2D eigenvalue weighted by Gasteiger charge is -2.11. The zero-order valence-electron chi connectivity index (χ0n) is 17.6. The first kappa shape index (κ1) is 21.4. The summed E-state index contributed by atoms with van der Waals surface area (Å²) in [6.07, 6.45) is 0.635. The van der Waals surface area contributed by atoms with Gasteiger partial charge >= 0.3 is 11.7 Å². The van der Waals surface area contributed by atoms with E-state index in [0.29, 0.717) is 29.3 Å². The van der Waals surface area contributed by atoms with E-state index in [9.17, 15) is 14.9 Å². The Morgan fingerprint density at radius 1 is 1.12 bits per heavy atom. The van der Waals surface area contributed by atoms with Crippen molar-refractivity contribution in [2.75, 3.05) is 0 Å². The first-order valence-electron chi connectivity index (χ1n) is 10.1. The maximum atomic E-state index is 13.3. The quantitative estimate of drug-likeness (QED) is 0.447. The van der Waals surface area contributed by atoms with Crippen molar-refractivity contribution in [2.45, 2.75) is 26.4 Å². The number of halogens is 1. The van der Waals surface area contributed by atoms with Crippen molar-refractivity contribution in [3.05, 3.63) is 85.5 Å². The van der Waals surface area contributed by atoms with Gasteiger partial charge in [-0.3, -0.25) is 18.5 Å². The summed E-state index contributed by atoms with van der Waals surface area (Å²) in [4.78, 5) is 30.5. The van der Waals surface area contributed by atoms with Crippen LogP contribution in [0.2, 0.25) is 5.02 Å². The molecule has 0 aliphatic heterocycles. The number of ether oxygens (including phenoxy) is 1. The van der Waals surface area contributed by atoms with Crippen LogP contribution in [0.5, 0.6) is 11.8 Å². The summed E-state index contributed by atoms with van der Waals surface area (Å²) in [5, 5.41) is 9.78. The van der Waals surface area contributed by atoms with Crippen LogP contribution in [-0.4, -0.2) is 18.7 Å². The van der Waals surface area contributed by atoms with Gasteiger partial charge in [0.25, 0.3) is 5.56 Å². The molecule has 0 radical (unpaired) electrons. The Bertz CT molecular complexity index is 1460. The molecular weight excluding hydrogens is 430 g/mol. The second-order valence-electron chi connectivity index (χ2n) is 7.32. The highest BCUT2D eigenvalue weighted by atomic mass is 35.5. The lowest BCUT2D eigenvalue weighted by Crippen LogP contribution is -2.39. The molecule has 8 nitrogen and oxygen atoms in total. The molecule has 0 unspecified atom stereocenters. The summed E-state index contributed by atoms with van der Waals surface area (Å²) in [5.41, 5.74) is 0.945. The number of nitrogens with zero attached hydrogens (tertiary/aromatic N) is 5. The summed E-state index contributed by atoms with van der Waals surface area (Å²) in [6.45, 7) is 2.48. The van der Waals surface area contributed by atoms with Crippen LogP contribution >= 0.6 is 11.6 Å². The van der Waals surface area contributed by atoms with E-state index in [0.717, 1.165) is 5.56 Å². The topological polar surface area (TPSA) is 94.8 Å². The maximum absolute atomic E-state index is 13.3. The van der Waals surface area contributed by atoms with Crippen LogP contribution in [0.1, 0.15) is 24.5 Å². The Morgan fingerprint density at radius 2 is 1.88 bits per heavy atom. The van der Waals surface area contributed by atoms with Crippen LogP contribution < -0.4 is 16.0 Å². The SMILES string of the molecule is CCCn1c(=O)c2c(nc(Oc3cccc(C#N)c3)n2Cc2ccc(Cl)cc2)n(C)c1=O. The Kier molecular flexibility index (Phi) is 5.84. The summed E-state index contributed by atoms with van der Waals surface area (Å²) in [5.74, 6) is 0.399. The number of nitriles is 1. The maximum Gasteiger partial charge on any atom is 0.332 e. The lowest BCUT2D eigenvalue weighted by molar-refractivity contribution is 0.421. The fourth-order valence-electron chi connectivity index (χ4n) is 3.50. The normalized spacial score (nSPS) is 10.9. The van der Waals surface area contributed by atoms with Crippen molar-refractivity contribution >= 4 is 22.8 Å². The number of hydrogen-bond donors (Lipinski definition) is 0. The molecule has 0 aliphatic carbocycles. The van der Waals surface area contributed by atoms with Crippen LogP contribution in [0.15, 0.2) is 58.1 Å². The highest BCUT2D eigenvalue weighted by molar-refractivity contribution is 6.30. The average molecular weight is 450 g/mol. The van der Waals surface area contributed by atoms with Crippen molar-refractivity contribution < 1.29 is 4.74 Å². The first-order chi connectivity index (χ1) is 15.4. The molecule has 2 heterocycles. The number of rotatable bonds is 6. The van der Waals surface area contributed by atoms with E-state index in [1.54, 1.807) is 48.0 Å². The Balaban J connectivity index is 1.95. The van der Waals surface area contributed by atoms with Crippen molar-refractivity contribution in [1.29, 1.82) is 5.26 Å². The molecule has 2 aromatic carbocycles. The predicted molar refractivity (Wildman–Crippen MR) is 121 cm³/mol. The zero-order chi connectivity index (χ0) is 22.8. The average Bonchev–Trinajstić information content (AvgIpc) is 3.15. The summed E-state index contributed by atoms with van der Waals surface area (Å²) in [7, 11) is 1.58. The number of benzene rings is 2. The Morgan fingerprint density at radius 3 is 2.56 bits per heavy atom. The van der Waals surface area contributed by atoms with E-state index in [2.05, 4.69) is 11.1 Å². The molecule has 4 rings (SSSR count). The largest absolute Gasteiger partial charge is 0.425 e. The third kappa shape index (κ3) is 3.90. The van der Waals surface area contributed by atoms with Gasteiger partial charge in [0, 0.05) is 18.6 Å². The van der Waals surface area contributed by atoms with E-state index in [4.69, 9.17) is 16.3 Å². The molecule has 0 fully saturated rings. The number of imidazole rings is 1. The van der Waals surface area contributed by atoms with Gasteiger partial charge in [0.2, 0.25) is 0 Å². The predicted octanol–water partition coefficient (Wildman–Crippen LogP) is 3.67. The molecule has 32 heavy (non-hydrogen) atoms. The van der Waals surface area contributed by atoms with E-state index < -0.39 is 11.2 Å². The van der Waals surface area contributed by atoms with Gasteiger partial charge < -0.3 is 4.74 Å².